The summed E-state index contributed by atoms with van der Waals surface area (Å²) in [6.07, 6.45) is -0.567. The molecule has 0 fully saturated rings. The van der Waals surface area contributed by atoms with Crippen LogP contribution in [-0.2, 0) is 9.59 Å². The van der Waals surface area contributed by atoms with Crippen LogP contribution in [0, 0.1) is 0 Å². The van der Waals surface area contributed by atoms with Gasteiger partial charge in [0.05, 0.1) is 23.3 Å². The van der Waals surface area contributed by atoms with Crippen molar-refractivity contribution < 1.29 is 23.9 Å². The van der Waals surface area contributed by atoms with Crippen LogP contribution >= 0.6 is 11.8 Å². The normalized spacial score (nSPS) is 16.0. The first-order valence-corrected chi connectivity index (χ1v) is 10.7. The Morgan fingerprint density at radius 3 is 2.67 bits per heavy atom. The molecule has 1 heterocycles. The summed E-state index contributed by atoms with van der Waals surface area (Å²) in [6, 6.07) is 12.1. The molecular formula is C22H24N2O5S. The first kappa shape index (κ1) is 21.7. The van der Waals surface area contributed by atoms with Crippen molar-refractivity contribution >= 4 is 40.7 Å². The summed E-state index contributed by atoms with van der Waals surface area (Å²) in [4.78, 5) is 36.7. The van der Waals surface area contributed by atoms with Gasteiger partial charge in [0.25, 0.3) is 5.91 Å². The minimum atomic E-state index is -0.567. The van der Waals surface area contributed by atoms with E-state index in [0.29, 0.717) is 29.3 Å². The second-order valence-electron chi connectivity index (χ2n) is 6.78. The van der Waals surface area contributed by atoms with Gasteiger partial charge in [-0.2, -0.15) is 0 Å². The Bertz CT molecular complexity index is 945. The van der Waals surface area contributed by atoms with Gasteiger partial charge in [0.2, 0.25) is 5.91 Å². The summed E-state index contributed by atoms with van der Waals surface area (Å²) in [5.74, 6) is 0.857. The summed E-state index contributed by atoms with van der Waals surface area (Å²) in [5, 5.41) is 5.12. The average Bonchev–Trinajstić information content (AvgIpc) is 2.73. The number of Topliss-reactive ketones (excluding diaryl/α,β-unsaturated/α-hetero) is 1. The highest BCUT2D eigenvalue weighted by Crippen LogP contribution is 2.31. The maximum Gasteiger partial charge on any atom is 0.265 e. The number of amides is 2. The Morgan fingerprint density at radius 1 is 1.23 bits per heavy atom. The van der Waals surface area contributed by atoms with E-state index < -0.39 is 11.4 Å². The van der Waals surface area contributed by atoms with Gasteiger partial charge in [-0.3, -0.25) is 14.4 Å². The van der Waals surface area contributed by atoms with Crippen LogP contribution in [0.5, 0.6) is 11.5 Å². The Kier molecular flexibility index (Phi) is 6.99. The predicted octanol–water partition coefficient (Wildman–Crippen LogP) is 3.75. The van der Waals surface area contributed by atoms with E-state index in [9.17, 15) is 14.4 Å². The van der Waals surface area contributed by atoms with Gasteiger partial charge < -0.3 is 20.1 Å². The smallest absolute Gasteiger partial charge is 0.265 e. The third-order valence-corrected chi connectivity index (χ3v) is 5.62. The van der Waals surface area contributed by atoms with Crippen molar-refractivity contribution in [1.29, 1.82) is 0 Å². The second-order valence-corrected chi connectivity index (χ2v) is 8.11. The lowest BCUT2D eigenvalue weighted by molar-refractivity contribution is -0.122. The van der Waals surface area contributed by atoms with E-state index in [1.54, 1.807) is 56.3 Å². The summed E-state index contributed by atoms with van der Waals surface area (Å²) in [6.45, 7) is 5.91. The SMILES string of the molecule is CCOc1ccc(NC(=O)CSC(C)C(=O)c2ccc3c(c2)NC(=O)C(C)O3)cc1. The molecule has 2 amide bonds. The van der Waals surface area contributed by atoms with Gasteiger partial charge in [-0.15, -0.1) is 11.8 Å². The molecule has 0 saturated carbocycles. The molecule has 1 aliphatic heterocycles. The van der Waals surface area contributed by atoms with Gasteiger partial charge in [-0.05, 0) is 63.2 Å². The molecular weight excluding hydrogens is 404 g/mol. The highest BCUT2D eigenvalue weighted by molar-refractivity contribution is 8.01. The van der Waals surface area contributed by atoms with Crippen LogP contribution in [0.15, 0.2) is 42.5 Å². The minimum absolute atomic E-state index is 0.121. The van der Waals surface area contributed by atoms with Crippen LogP contribution in [0.2, 0.25) is 0 Å². The van der Waals surface area contributed by atoms with Gasteiger partial charge in [0.1, 0.15) is 11.5 Å². The maximum absolute atomic E-state index is 12.7. The van der Waals surface area contributed by atoms with E-state index in [1.165, 1.54) is 11.8 Å². The topological polar surface area (TPSA) is 93.7 Å². The highest BCUT2D eigenvalue weighted by atomic mass is 32.2. The number of carbonyl (C=O) groups excluding carboxylic acids is 3. The fraction of sp³-hybridized carbons (Fsp3) is 0.318. The quantitative estimate of drug-likeness (QED) is 0.622. The molecule has 158 valence electrons. The first-order valence-electron chi connectivity index (χ1n) is 9.67. The molecule has 0 aromatic heterocycles. The number of ketones is 1. The summed E-state index contributed by atoms with van der Waals surface area (Å²) < 4.78 is 10.9. The molecule has 7 nitrogen and oxygen atoms in total. The van der Waals surface area contributed by atoms with Crippen molar-refractivity contribution in [1.82, 2.24) is 0 Å². The van der Waals surface area contributed by atoms with Crippen LogP contribution in [0.3, 0.4) is 0 Å². The van der Waals surface area contributed by atoms with Crippen molar-refractivity contribution in [3.8, 4) is 11.5 Å². The van der Waals surface area contributed by atoms with Crippen LogP contribution in [0.4, 0.5) is 11.4 Å². The lowest BCUT2D eigenvalue weighted by Gasteiger charge is -2.23. The van der Waals surface area contributed by atoms with Crippen LogP contribution < -0.4 is 20.1 Å². The molecule has 0 saturated heterocycles. The molecule has 30 heavy (non-hydrogen) atoms. The molecule has 2 atom stereocenters. The predicted molar refractivity (Wildman–Crippen MR) is 118 cm³/mol. The standard InChI is InChI=1S/C22H24N2O5S/c1-4-28-17-8-6-16(7-9-17)23-20(25)12-30-14(3)21(26)15-5-10-19-18(11-15)24-22(27)13(2)29-19/h5-11,13-14H,4,12H2,1-3H3,(H,23,25)(H,24,27). The van der Waals surface area contributed by atoms with E-state index in [4.69, 9.17) is 9.47 Å². The fourth-order valence-electron chi connectivity index (χ4n) is 2.87. The van der Waals surface area contributed by atoms with Gasteiger partial charge in [-0.1, -0.05) is 0 Å². The monoisotopic (exact) mass is 428 g/mol. The van der Waals surface area contributed by atoms with Crippen molar-refractivity contribution in [3.63, 3.8) is 0 Å². The third-order valence-electron chi connectivity index (χ3n) is 4.48. The number of ether oxygens (including phenoxy) is 2. The molecule has 3 rings (SSSR count). The van der Waals surface area contributed by atoms with E-state index in [1.807, 2.05) is 6.92 Å². The van der Waals surface area contributed by atoms with E-state index in [-0.39, 0.29) is 23.4 Å². The molecule has 2 aromatic rings. The molecule has 8 heteroatoms. The van der Waals surface area contributed by atoms with Crippen LogP contribution in [-0.4, -0.2) is 41.3 Å². The number of fused-ring (bicyclic) bond motifs is 1. The molecule has 2 unspecified atom stereocenters. The Balaban J connectivity index is 1.53. The largest absolute Gasteiger partial charge is 0.494 e. The molecule has 0 aliphatic carbocycles. The Hall–Kier alpha value is -3.00. The van der Waals surface area contributed by atoms with E-state index in [0.717, 1.165) is 5.75 Å². The van der Waals surface area contributed by atoms with Gasteiger partial charge in [0.15, 0.2) is 11.9 Å². The zero-order chi connectivity index (χ0) is 21.7. The number of hydrogen-bond donors (Lipinski definition) is 2. The van der Waals surface area contributed by atoms with Gasteiger partial charge in [-0.25, -0.2) is 0 Å². The van der Waals surface area contributed by atoms with E-state index in [2.05, 4.69) is 10.6 Å². The second kappa shape index (κ2) is 9.67. The summed E-state index contributed by atoms with van der Waals surface area (Å²) in [5.41, 5.74) is 1.61. The molecule has 0 radical (unpaired) electrons. The molecule has 2 N–H and O–H groups in total. The number of benzene rings is 2. The Morgan fingerprint density at radius 2 is 1.97 bits per heavy atom. The van der Waals surface area contributed by atoms with Crippen LogP contribution in [0.25, 0.3) is 0 Å². The summed E-state index contributed by atoms with van der Waals surface area (Å²) >= 11 is 1.25. The number of anilines is 2. The zero-order valence-corrected chi connectivity index (χ0v) is 17.9. The summed E-state index contributed by atoms with van der Waals surface area (Å²) in [7, 11) is 0. The maximum atomic E-state index is 12.7. The molecule has 0 bridgehead atoms. The van der Waals surface area contributed by atoms with Crippen molar-refractivity contribution in [2.45, 2.75) is 32.1 Å². The Labute approximate surface area is 179 Å². The van der Waals surface area contributed by atoms with Gasteiger partial charge >= 0.3 is 0 Å². The molecule has 2 aromatic carbocycles. The van der Waals surface area contributed by atoms with Crippen molar-refractivity contribution in [2.75, 3.05) is 23.0 Å². The number of thioether (sulfide) groups is 1. The highest BCUT2D eigenvalue weighted by Gasteiger charge is 2.25. The molecule has 1 aliphatic rings. The average molecular weight is 429 g/mol. The minimum Gasteiger partial charge on any atom is -0.494 e. The number of hydrogen-bond acceptors (Lipinski definition) is 6. The number of rotatable bonds is 8. The first-order chi connectivity index (χ1) is 14.4. The lowest BCUT2D eigenvalue weighted by Crippen LogP contribution is -2.34. The number of nitrogens with one attached hydrogen (secondary N) is 2. The zero-order valence-electron chi connectivity index (χ0n) is 17.1. The lowest BCUT2D eigenvalue weighted by atomic mass is 10.1. The van der Waals surface area contributed by atoms with E-state index >= 15 is 0 Å². The molecule has 0 spiro atoms. The number of carbonyl (C=O) groups is 3. The fourth-order valence-corrected chi connectivity index (χ4v) is 3.63. The van der Waals surface area contributed by atoms with Gasteiger partial charge in [0, 0.05) is 11.3 Å². The third kappa shape index (κ3) is 5.33. The van der Waals surface area contributed by atoms with Crippen LogP contribution in [0.1, 0.15) is 31.1 Å². The van der Waals surface area contributed by atoms with Crippen molar-refractivity contribution in [3.05, 3.63) is 48.0 Å². The van der Waals surface area contributed by atoms with Crippen molar-refractivity contribution in [2.24, 2.45) is 0 Å².